The minimum Gasteiger partial charge on any atom is -0.454 e. The van der Waals surface area contributed by atoms with Gasteiger partial charge in [0.1, 0.15) is 16.8 Å². The molecule has 0 aliphatic carbocycles. The maximum Gasteiger partial charge on any atom is 0.227 e. The van der Waals surface area contributed by atoms with Crippen LogP contribution in [0.4, 0.5) is 17.1 Å². The lowest BCUT2D eigenvalue weighted by Crippen LogP contribution is -2.12. The molecule has 5 heteroatoms. The van der Waals surface area contributed by atoms with Gasteiger partial charge in [-0.1, -0.05) is 127 Å². The van der Waals surface area contributed by atoms with Crippen LogP contribution in [0.25, 0.3) is 83.1 Å². The Hall–Kier alpha value is -7.37. The van der Waals surface area contributed by atoms with E-state index in [1.54, 1.807) is 0 Å². The van der Waals surface area contributed by atoms with Gasteiger partial charge in [0.2, 0.25) is 5.89 Å². The Labute approximate surface area is 310 Å². The van der Waals surface area contributed by atoms with Crippen molar-refractivity contribution in [2.45, 2.75) is 0 Å². The van der Waals surface area contributed by atoms with Crippen molar-refractivity contribution in [1.82, 2.24) is 9.55 Å². The van der Waals surface area contributed by atoms with Crippen molar-refractivity contribution in [3.8, 4) is 28.3 Å². The van der Waals surface area contributed by atoms with Gasteiger partial charge in [0, 0.05) is 38.5 Å². The highest BCUT2D eigenvalue weighted by atomic mass is 16.4. The first kappa shape index (κ1) is 30.3. The van der Waals surface area contributed by atoms with Crippen LogP contribution in [0, 0.1) is 0 Å². The van der Waals surface area contributed by atoms with Crippen LogP contribution in [-0.4, -0.2) is 9.55 Å². The van der Waals surface area contributed by atoms with Crippen LogP contribution >= 0.6 is 0 Å². The van der Waals surface area contributed by atoms with E-state index in [2.05, 4.69) is 155 Å². The zero-order valence-corrected chi connectivity index (χ0v) is 29.1. The van der Waals surface area contributed by atoms with Crippen molar-refractivity contribution >= 4 is 71.9 Å². The average molecular weight is 694 g/mol. The second-order valence-corrected chi connectivity index (χ2v) is 13.5. The minimum absolute atomic E-state index is 0.554. The third kappa shape index (κ3) is 4.69. The standard InChI is InChI=1S/C49H31N3O2/c1-4-16-32(17-5-1)34-20-14-23-36(30-34)52(43-28-15-26-39-37-24-10-12-27-42(37)51(45(39)43)35-21-8-3-9-22-35)46-47-40(38-25-11-13-29-44(38)53-47)31-41-48(46)54-49(50-41)33-18-6-2-7-19-33/h1-31H. The molecule has 3 heterocycles. The maximum absolute atomic E-state index is 6.90. The molecule has 54 heavy (non-hydrogen) atoms. The predicted octanol–water partition coefficient (Wildman–Crippen LogP) is 13.6. The van der Waals surface area contributed by atoms with Crippen molar-refractivity contribution < 1.29 is 8.83 Å². The molecule has 0 aliphatic heterocycles. The largest absolute Gasteiger partial charge is 0.454 e. The van der Waals surface area contributed by atoms with Gasteiger partial charge in [-0.3, -0.25) is 0 Å². The Kier molecular flexibility index (Phi) is 6.79. The van der Waals surface area contributed by atoms with Crippen LogP contribution in [0.2, 0.25) is 0 Å². The maximum atomic E-state index is 6.90. The zero-order valence-electron chi connectivity index (χ0n) is 29.1. The lowest BCUT2D eigenvalue weighted by molar-refractivity contribution is 0.618. The number of hydrogen-bond acceptors (Lipinski definition) is 4. The fourth-order valence-electron chi connectivity index (χ4n) is 8.00. The minimum atomic E-state index is 0.554. The highest BCUT2D eigenvalue weighted by Crippen LogP contribution is 2.50. The monoisotopic (exact) mass is 693 g/mol. The Balaban J connectivity index is 1.31. The molecule has 0 N–H and O–H groups in total. The van der Waals surface area contributed by atoms with Gasteiger partial charge in [0.15, 0.2) is 11.2 Å². The summed E-state index contributed by atoms with van der Waals surface area (Å²) >= 11 is 0. The Morgan fingerprint density at radius 1 is 0.463 bits per heavy atom. The average Bonchev–Trinajstić information content (AvgIpc) is 3.94. The molecule has 0 aliphatic rings. The molecule has 0 fully saturated rings. The van der Waals surface area contributed by atoms with Crippen LogP contribution in [0.1, 0.15) is 0 Å². The van der Waals surface area contributed by atoms with Crippen molar-refractivity contribution in [1.29, 1.82) is 0 Å². The molecule has 0 unspecified atom stereocenters. The highest BCUT2D eigenvalue weighted by molar-refractivity contribution is 6.20. The van der Waals surface area contributed by atoms with Crippen LogP contribution in [0.15, 0.2) is 197 Å². The van der Waals surface area contributed by atoms with Crippen molar-refractivity contribution in [3.63, 3.8) is 0 Å². The van der Waals surface area contributed by atoms with Crippen molar-refractivity contribution in [2.75, 3.05) is 4.90 Å². The molecule has 5 nitrogen and oxygen atoms in total. The van der Waals surface area contributed by atoms with Gasteiger partial charge < -0.3 is 18.3 Å². The van der Waals surface area contributed by atoms with Gasteiger partial charge >= 0.3 is 0 Å². The molecule has 0 spiro atoms. The zero-order chi connectivity index (χ0) is 35.6. The summed E-state index contributed by atoms with van der Waals surface area (Å²) in [4.78, 5) is 7.46. The quantitative estimate of drug-likeness (QED) is 0.174. The Morgan fingerprint density at radius 2 is 1.11 bits per heavy atom. The van der Waals surface area contributed by atoms with Gasteiger partial charge in [0.25, 0.3) is 0 Å². The van der Waals surface area contributed by atoms with Gasteiger partial charge in [0.05, 0.1) is 16.7 Å². The molecule has 3 aromatic heterocycles. The van der Waals surface area contributed by atoms with E-state index >= 15 is 0 Å². The summed E-state index contributed by atoms with van der Waals surface area (Å²) in [6.45, 7) is 0. The van der Waals surface area contributed by atoms with Gasteiger partial charge in [-0.2, -0.15) is 0 Å². The number of benzene rings is 8. The van der Waals surface area contributed by atoms with Crippen LogP contribution in [0.3, 0.4) is 0 Å². The molecule has 0 saturated heterocycles. The predicted molar refractivity (Wildman–Crippen MR) is 221 cm³/mol. The smallest absolute Gasteiger partial charge is 0.227 e. The molecule has 0 amide bonds. The number of fused-ring (bicyclic) bond motifs is 7. The molecular weight excluding hydrogens is 663 g/mol. The molecule has 8 aromatic carbocycles. The Morgan fingerprint density at radius 3 is 1.93 bits per heavy atom. The van der Waals surface area contributed by atoms with Crippen LogP contribution < -0.4 is 4.90 Å². The number of nitrogens with zero attached hydrogens (tertiary/aromatic N) is 3. The third-order valence-electron chi connectivity index (χ3n) is 10.4. The van der Waals surface area contributed by atoms with E-state index in [0.29, 0.717) is 11.5 Å². The lowest BCUT2D eigenvalue weighted by atomic mass is 10.0. The van der Waals surface area contributed by atoms with Crippen molar-refractivity contribution in [3.05, 3.63) is 188 Å². The number of oxazole rings is 1. The molecule has 0 saturated carbocycles. The number of hydrogen-bond donors (Lipinski definition) is 0. The number of anilines is 3. The summed E-state index contributed by atoms with van der Waals surface area (Å²) in [5.41, 5.74) is 12.1. The van der Waals surface area contributed by atoms with E-state index in [-0.39, 0.29) is 0 Å². The summed E-state index contributed by atoms with van der Waals surface area (Å²) < 4.78 is 16.2. The normalized spacial score (nSPS) is 11.7. The first-order valence-electron chi connectivity index (χ1n) is 18.1. The topological polar surface area (TPSA) is 47.3 Å². The van der Waals surface area contributed by atoms with E-state index in [0.717, 1.165) is 83.3 Å². The number of furan rings is 1. The fourth-order valence-corrected chi connectivity index (χ4v) is 8.00. The number of rotatable bonds is 6. The van der Waals surface area contributed by atoms with E-state index in [4.69, 9.17) is 13.8 Å². The lowest BCUT2D eigenvalue weighted by Gasteiger charge is -2.27. The molecule has 11 aromatic rings. The molecule has 0 atom stereocenters. The van der Waals surface area contributed by atoms with Crippen molar-refractivity contribution in [2.24, 2.45) is 0 Å². The van der Waals surface area contributed by atoms with E-state index in [1.165, 1.54) is 5.39 Å². The molecule has 0 bridgehead atoms. The second-order valence-electron chi connectivity index (χ2n) is 13.5. The summed E-state index contributed by atoms with van der Waals surface area (Å²) in [6, 6.07) is 65.4. The molecular formula is C49H31N3O2. The first-order chi connectivity index (χ1) is 26.8. The molecule has 0 radical (unpaired) electrons. The third-order valence-corrected chi connectivity index (χ3v) is 10.4. The van der Waals surface area contributed by atoms with E-state index in [1.807, 2.05) is 42.5 Å². The summed E-state index contributed by atoms with van der Waals surface area (Å²) in [6.07, 6.45) is 0. The van der Waals surface area contributed by atoms with Gasteiger partial charge in [-0.15, -0.1) is 0 Å². The van der Waals surface area contributed by atoms with E-state index in [9.17, 15) is 0 Å². The highest BCUT2D eigenvalue weighted by Gasteiger charge is 2.29. The summed E-state index contributed by atoms with van der Waals surface area (Å²) in [5, 5.41) is 4.32. The van der Waals surface area contributed by atoms with Gasteiger partial charge in [-0.25, -0.2) is 4.98 Å². The van der Waals surface area contributed by atoms with Crippen LogP contribution in [0.5, 0.6) is 0 Å². The first-order valence-corrected chi connectivity index (χ1v) is 18.1. The molecule has 254 valence electrons. The van der Waals surface area contributed by atoms with Gasteiger partial charge in [-0.05, 0) is 71.8 Å². The second kappa shape index (κ2) is 12.1. The van der Waals surface area contributed by atoms with E-state index < -0.39 is 0 Å². The van der Waals surface area contributed by atoms with Crippen LogP contribution in [-0.2, 0) is 0 Å². The number of para-hydroxylation sites is 4. The summed E-state index contributed by atoms with van der Waals surface area (Å²) in [5.74, 6) is 0.554. The fraction of sp³-hybridized carbons (Fsp3) is 0. The SMILES string of the molecule is c1ccc(-c2cccc(N(c3c4oc(-c5ccccc5)nc4cc4c3oc3ccccc34)c3cccc4c5ccccc5n(-c5ccccc5)c34)c2)cc1. The number of aromatic nitrogens is 2. The Bertz CT molecular complexity index is 3160. The molecule has 11 rings (SSSR count). The summed E-state index contributed by atoms with van der Waals surface area (Å²) in [7, 11) is 0.